The summed E-state index contributed by atoms with van der Waals surface area (Å²) >= 11 is 5.73. The van der Waals surface area contributed by atoms with Gasteiger partial charge in [-0.25, -0.2) is 0 Å². The minimum Gasteiger partial charge on any atom is -0.501 e. The zero-order valence-electron chi connectivity index (χ0n) is 8.92. The summed E-state index contributed by atoms with van der Waals surface area (Å²) in [5, 5.41) is 10.2. The third kappa shape index (κ3) is 3.69. The number of halogens is 1. The molecule has 0 aliphatic rings. The van der Waals surface area contributed by atoms with Gasteiger partial charge < -0.3 is 14.3 Å². The molecule has 0 saturated carbocycles. The van der Waals surface area contributed by atoms with Crippen LogP contribution in [0.25, 0.3) is 0 Å². The molecule has 5 heteroatoms. The van der Waals surface area contributed by atoms with Crippen LogP contribution >= 0.6 is 11.6 Å². The van der Waals surface area contributed by atoms with Gasteiger partial charge in [0.25, 0.3) is 0 Å². The zero-order valence-corrected chi connectivity index (χ0v) is 9.67. The Kier molecular flexibility index (Phi) is 3.91. The second-order valence-corrected chi connectivity index (χ2v) is 3.75. The van der Waals surface area contributed by atoms with Crippen molar-refractivity contribution in [3.63, 3.8) is 0 Å². The van der Waals surface area contributed by atoms with Crippen molar-refractivity contribution in [3.05, 3.63) is 59.6 Å². The van der Waals surface area contributed by atoms with Gasteiger partial charge in [-0.1, -0.05) is 29.8 Å². The van der Waals surface area contributed by atoms with E-state index >= 15 is 0 Å². The van der Waals surface area contributed by atoms with Gasteiger partial charge in [0, 0.05) is 5.02 Å². The molecule has 0 bridgehead atoms. The van der Waals surface area contributed by atoms with Crippen molar-refractivity contribution in [3.8, 4) is 11.5 Å². The molecular weight excluding hydrogens is 238 g/mol. The van der Waals surface area contributed by atoms with Crippen LogP contribution in [0, 0.1) is 0 Å². The van der Waals surface area contributed by atoms with Gasteiger partial charge in [0.1, 0.15) is 11.5 Å². The Hall–Kier alpha value is -1.65. The summed E-state index contributed by atoms with van der Waals surface area (Å²) < 4.78 is 10.3. The Labute approximate surface area is 105 Å². The first-order chi connectivity index (χ1) is 8.24. The van der Waals surface area contributed by atoms with Crippen LogP contribution in [0.2, 0.25) is 5.02 Å². The maximum absolute atomic E-state index is 9.55. The van der Waals surface area contributed by atoms with E-state index in [1.54, 1.807) is 36.4 Å². The maximum Gasteiger partial charge on any atom is 0.785 e. The minimum atomic E-state index is -1.35. The van der Waals surface area contributed by atoms with E-state index in [0.29, 0.717) is 16.5 Å². The van der Waals surface area contributed by atoms with E-state index in [1.807, 2.05) is 18.2 Å². The van der Waals surface area contributed by atoms with E-state index in [4.69, 9.17) is 20.9 Å². The highest BCUT2D eigenvalue weighted by Gasteiger charge is 2.20. The van der Waals surface area contributed by atoms with E-state index in [0.717, 1.165) is 0 Å². The highest BCUT2D eigenvalue weighted by Crippen LogP contribution is 2.17. The first-order valence-electron chi connectivity index (χ1n) is 5.06. The van der Waals surface area contributed by atoms with Crippen molar-refractivity contribution in [2.75, 3.05) is 0 Å². The molecule has 0 aromatic heterocycles. The Morgan fingerprint density at radius 2 is 1.35 bits per heavy atom. The van der Waals surface area contributed by atoms with E-state index in [9.17, 15) is 5.02 Å². The van der Waals surface area contributed by atoms with Crippen molar-refractivity contribution in [2.45, 2.75) is 0 Å². The molecule has 17 heavy (non-hydrogen) atoms. The summed E-state index contributed by atoms with van der Waals surface area (Å²) in [7, 11) is -1.35. The Morgan fingerprint density at radius 3 is 1.94 bits per heavy atom. The summed E-state index contributed by atoms with van der Waals surface area (Å²) in [6.45, 7) is 0. The standard InChI is InChI=1S/C12H10BClO3/c14-10-6-8-12(9-7-10)17-13(15)16-11-4-2-1-3-5-11/h1-9,15H. The molecule has 0 unspecified atom stereocenters. The van der Waals surface area contributed by atoms with Gasteiger partial charge in [-0.15, -0.1) is 0 Å². The molecule has 0 saturated heterocycles. The smallest absolute Gasteiger partial charge is 0.501 e. The molecule has 1 N–H and O–H groups in total. The van der Waals surface area contributed by atoms with Crippen LogP contribution < -0.4 is 9.31 Å². The van der Waals surface area contributed by atoms with E-state index in [2.05, 4.69) is 0 Å². The van der Waals surface area contributed by atoms with Gasteiger partial charge in [-0.3, -0.25) is 0 Å². The van der Waals surface area contributed by atoms with E-state index in [-0.39, 0.29) is 0 Å². The number of benzene rings is 2. The number of hydrogen-bond acceptors (Lipinski definition) is 3. The third-order valence-corrected chi connectivity index (χ3v) is 2.28. The molecule has 0 amide bonds. The molecule has 2 aromatic carbocycles. The molecule has 86 valence electrons. The number of rotatable bonds is 4. The molecule has 2 aromatic rings. The predicted molar refractivity (Wildman–Crippen MR) is 67.1 cm³/mol. The Morgan fingerprint density at radius 1 is 0.824 bits per heavy atom. The van der Waals surface area contributed by atoms with Crippen LogP contribution in [0.5, 0.6) is 11.5 Å². The molecule has 0 fully saturated rings. The van der Waals surface area contributed by atoms with Gasteiger partial charge in [-0.05, 0) is 36.4 Å². The first-order valence-corrected chi connectivity index (χ1v) is 5.44. The fourth-order valence-electron chi connectivity index (χ4n) is 1.27. The molecule has 0 spiro atoms. The highest BCUT2D eigenvalue weighted by atomic mass is 35.5. The molecule has 3 nitrogen and oxygen atoms in total. The van der Waals surface area contributed by atoms with Crippen LogP contribution in [0.15, 0.2) is 54.6 Å². The lowest BCUT2D eigenvalue weighted by Crippen LogP contribution is -2.29. The monoisotopic (exact) mass is 248 g/mol. The maximum atomic E-state index is 9.55. The molecule has 0 aliphatic carbocycles. The van der Waals surface area contributed by atoms with Gasteiger partial charge in [0.15, 0.2) is 0 Å². The fourth-order valence-corrected chi connectivity index (χ4v) is 1.40. The van der Waals surface area contributed by atoms with Crippen molar-refractivity contribution in [1.29, 1.82) is 0 Å². The Bertz CT molecular complexity index is 461. The average molecular weight is 248 g/mol. The average Bonchev–Trinajstić information content (AvgIpc) is 2.33. The lowest BCUT2D eigenvalue weighted by Gasteiger charge is -2.10. The summed E-state index contributed by atoms with van der Waals surface area (Å²) in [4.78, 5) is 0. The van der Waals surface area contributed by atoms with Gasteiger partial charge in [-0.2, -0.15) is 0 Å². The zero-order chi connectivity index (χ0) is 12.1. The van der Waals surface area contributed by atoms with Crippen LogP contribution in [0.3, 0.4) is 0 Å². The molecule has 2 rings (SSSR count). The normalized spacial score (nSPS) is 9.76. The van der Waals surface area contributed by atoms with E-state index < -0.39 is 7.32 Å². The second kappa shape index (κ2) is 5.61. The summed E-state index contributed by atoms with van der Waals surface area (Å²) in [5.41, 5.74) is 0. The van der Waals surface area contributed by atoms with Gasteiger partial charge >= 0.3 is 7.32 Å². The molecule has 0 atom stereocenters. The van der Waals surface area contributed by atoms with Crippen molar-refractivity contribution in [2.24, 2.45) is 0 Å². The number of para-hydroxylation sites is 1. The van der Waals surface area contributed by atoms with Crippen molar-refractivity contribution < 1.29 is 14.3 Å². The quantitative estimate of drug-likeness (QED) is 0.846. The van der Waals surface area contributed by atoms with Gasteiger partial charge in [0.05, 0.1) is 0 Å². The van der Waals surface area contributed by atoms with Crippen LogP contribution in [-0.2, 0) is 0 Å². The van der Waals surface area contributed by atoms with Crippen LogP contribution in [-0.4, -0.2) is 12.3 Å². The van der Waals surface area contributed by atoms with Crippen LogP contribution in [0.4, 0.5) is 0 Å². The lowest BCUT2D eigenvalue weighted by atomic mass is 10.2. The summed E-state index contributed by atoms with van der Waals surface area (Å²) in [6, 6.07) is 15.6. The largest absolute Gasteiger partial charge is 0.785 e. The molecule has 0 heterocycles. The highest BCUT2D eigenvalue weighted by molar-refractivity contribution is 6.36. The van der Waals surface area contributed by atoms with Crippen LogP contribution in [0.1, 0.15) is 0 Å². The lowest BCUT2D eigenvalue weighted by molar-refractivity contribution is 0.298. The SMILES string of the molecule is OB(Oc1ccccc1)Oc1ccc(Cl)cc1. The Balaban J connectivity index is 1.93. The second-order valence-electron chi connectivity index (χ2n) is 3.31. The summed E-state index contributed by atoms with van der Waals surface area (Å²) in [6.07, 6.45) is 0. The topological polar surface area (TPSA) is 38.7 Å². The molecule has 0 aliphatic heterocycles. The van der Waals surface area contributed by atoms with Crippen molar-refractivity contribution >= 4 is 18.9 Å². The molecule has 0 radical (unpaired) electrons. The van der Waals surface area contributed by atoms with Crippen molar-refractivity contribution in [1.82, 2.24) is 0 Å². The minimum absolute atomic E-state index is 0.484. The third-order valence-electron chi connectivity index (χ3n) is 2.03. The van der Waals surface area contributed by atoms with Gasteiger partial charge in [0.2, 0.25) is 0 Å². The van der Waals surface area contributed by atoms with E-state index in [1.165, 1.54) is 0 Å². The fraction of sp³-hybridized carbons (Fsp3) is 0. The first kappa shape index (κ1) is 11.8. The number of hydrogen-bond donors (Lipinski definition) is 1. The summed E-state index contributed by atoms with van der Waals surface area (Å²) in [5.74, 6) is 1.02. The predicted octanol–water partition coefficient (Wildman–Crippen LogP) is 2.78. The molecular formula is C12H10BClO3.